The highest BCUT2D eigenvalue weighted by Crippen LogP contribution is 2.31. The van der Waals surface area contributed by atoms with Crippen LogP contribution in [0.1, 0.15) is 11.1 Å². The minimum atomic E-state index is 0.501. The van der Waals surface area contributed by atoms with Crippen LogP contribution in [0, 0.1) is 11.3 Å². The van der Waals surface area contributed by atoms with E-state index >= 15 is 0 Å². The SMILES string of the molecule is COc1ccc(C#N)cc1-c1nc(NCc2cccnc2)c2ccccc2n1. The Hall–Kier alpha value is -3.98. The summed E-state index contributed by atoms with van der Waals surface area (Å²) in [5.74, 6) is 1.84. The molecule has 4 rings (SSSR count). The van der Waals surface area contributed by atoms with Crippen molar-refractivity contribution in [3.63, 3.8) is 0 Å². The summed E-state index contributed by atoms with van der Waals surface area (Å²) in [6.07, 6.45) is 3.56. The molecule has 0 fully saturated rings. The van der Waals surface area contributed by atoms with Crippen molar-refractivity contribution in [2.24, 2.45) is 0 Å². The molecule has 1 N–H and O–H groups in total. The molecule has 0 amide bonds. The zero-order valence-corrected chi connectivity index (χ0v) is 15.3. The van der Waals surface area contributed by atoms with Crippen LogP contribution in [0.2, 0.25) is 0 Å². The molecule has 0 atom stereocenters. The van der Waals surface area contributed by atoms with Gasteiger partial charge in [-0.1, -0.05) is 18.2 Å². The lowest BCUT2D eigenvalue weighted by Gasteiger charge is -2.13. The number of methoxy groups -OCH3 is 1. The second kappa shape index (κ2) is 7.72. The Morgan fingerprint density at radius 1 is 1.07 bits per heavy atom. The minimum absolute atomic E-state index is 0.501. The topological polar surface area (TPSA) is 83.7 Å². The van der Waals surface area contributed by atoms with Gasteiger partial charge in [0.15, 0.2) is 5.82 Å². The van der Waals surface area contributed by atoms with Crippen molar-refractivity contribution < 1.29 is 4.74 Å². The van der Waals surface area contributed by atoms with Gasteiger partial charge in [-0.2, -0.15) is 5.26 Å². The van der Waals surface area contributed by atoms with E-state index in [0.717, 1.165) is 16.5 Å². The van der Waals surface area contributed by atoms with E-state index in [9.17, 15) is 5.26 Å². The number of ether oxygens (including phenoxy) is 1. The first kappa shape index (κ1) is 17.4. The minimum Gasteiger partial charge on any atom is -0.496 e. The second-order valence-electron chi connectivity index (χ2n) is 6.15. The van der Waals surface area contributed by atoms with Crippen molar-refractivity contribution in [1.82, 2.24) is 15.0 Å². The van der Waals surface area contributed by atoms with Crippen molar-refractivity contribution >= 4 is 16.7 Å². The number of benzene rings is 2. The van der Waals surface area contributed by atoms with E-state index in [2.05, 4.69) is 16.4 Å². The molecule has 0 unspecified atom stereocenters. The molecule has 0 bridgehead atoms. The fourth-order valence-corrected chi connectivity index (χ4v) is 2.97. The summed E-state index contributed by atoms with van der Waals surface area (Å²) in [5.41, 5.74) is 3.07. The van der Waals surface area contributed by atoms with Crippen molar-refractivity contribution in [3.05, 3.63) is 78.1 Å². The van der Waals surface area contributed by atoms with Crippen LogP contribution in [0.5, 0.6) is 5.75 Å². The first-order valence-corrected chi connectivity index (χ1v) is 8.76. The molecule has 0 aliphatic rings. The third-order valence-electron chi connectivity index (χ3n) is 4.36. The number of para-hydroxylation sites is 1. The molecule has 0 spiro atoms. The quantitative estimate of drug-likeness (QED) is 0.569. The van der Waals surface area contributed by atoms with Gasteiger partial charge in [0.05, 0.1) is 29.8 Å². The lowest BCUT2D eigenvalue weighted by atomic mass is 10.1. The van der Waals surface area contributed by atoms with Gasteiger partial charge in [-0.3, -0.25) is 4.98 Å². The van der Waals surface area contributed by atoms with E-state index in [0.29, 0.717) is 35.1 Å². The van der Waals surface area contributed by atoms with Crippen LogP contribution in [-0.2, 0) is 6.54 Å². The highest BCUT2D eigenvalue weighted by molar-refractivity contribution is 5.91. The van der Waals surface area contributed by atoms with Gasteiger partial charge in [0.2, 0.25) is 0 Å². The molecule has 0 saturated heterocycles. The predicted octanol–water partition coefficient (Wildman–Crippen LogP) is 4.18. The molecule has 2 heterocycles. The number of nitrogens with one attached hydrogen (secondary N) is 1. The zero-order valence-electron chi connectivity index (χ0n) is 15.3. The average Bonchev–Trinajstić information content (AvgIpc) is 2.77. The van der Waals surface area contributed by atoms with Gasteiger partial charge >= 0.3 is 0 Å². The molecule has 0 saturated carbocycles. The Bertz CT molecular complexity index is 1170. The van der Waals surface area contributed by atoms with Crippen LogP contribution in [0.25, 0.3) is 22.3 Å². The molecule has 136 valence electrons. The summed E-state index contributed by atoms with van der Waals surface area (Å²) in [6.45, 7) is 0.587. The van der Waals surface area contributed by atoms with Gasteiger partial charge in [0, 0.05) is 24.3 Å². The molecule has 6 nitrogen and oxygen atoms in total. The van der Waals surface area contributed by atoms with Crippen molar-refractivity contribution in [2.45, 2.75) is 6.54 Å². The molecule has 0 radical (unpaired) electrons. The molecular formula is C22H17N5O. The van der Waals surface area contributed by atoms with E-state index in [4.69, 9.17) is 14.7 Å². The highest BCUT2D eigenvalue weighted by atomic mass is 16.5. The number of anilines is 1. The maximum absolute atomic E-state index is 9.26. The van der Waals surface area contributed by atoms with Crippen LogP contribution in [0.15, 0.2) is 67.0 Å². The lowest BCUT2D eigenvalue weighted by Crippen LogP contribution is -2.05. The number of nitriles is 1. The fraction of sp³-hybridized carbons (Fsp3) is 0.0909. The van der Waals surface area contributed by atoms with E-state index in [1.165, 1.54) is 0 Å². The van der Waals surface area contributed by atoms with E-state index < -0.39 is 0 Å². The molecule has 0 aliphatic carbocycles. The molecule has 2 aromatic carbocycles. The fourth-order valence-electron chi connectivity index (χ4n) is 2.97. The summed E-state index contributed by atoms with van der Waals surface area (Å²) in [6, 6.07) is 19.1. The molecular weight excluding hydrogens is 350 g/mol. The van der Waals surface area contributed by atoms with Crippen molar-refractivity contribution in [1.29, 1.82) is 5.26 Å². The second-order valence-corrected chi connectivity index (χ2v) is 6.15. The summed E-state index contributed by atoms with van der Waals surface area (Å²) >= 11 is 0. The van der Waals surface area contributed by atoms with Gasteiger partial charge in [-0.25, -0.2) is 9.97 Å². The number of hydrogen-bond acceptors (Lipinski definition) is 6. The maximum atomic E-state index is 9.26. The third-order valence-corrected chi connectivity index (χ3v) is 4.36. The average molecular weight is 367 g/mol. The zero-order chi connectivity index (χ0) is 19.3. The van der Waals surface area contributed by atoms with Gasteiger partial charge in [-0.05, 0) is 42.0 Å². The number of hydrogen-bond donors (Lipinski definition) is 1. The van der Waals surface area contributed by atoms with Crippen molar-refractivity contribution in [3.8, 4) is 23.2 Å². The largest absolute Gasteiger partial charge is 0.496 e. The summed E-state index contributed by atoms with van der Waals surface area (Å²) < 4.78 is 5.46. The van der Waals surface area contributed by atoms with Gasteiger partial charge in [0.1, 0.15) is 11.6 Å². The number of rotatable bonds is 5. The Kier molecular flexibility index (Phi) is 4.81. The van der Waals surface area contributed by atoms with Gasteiger partial charge in [0.25, 0.3) is 0 Å². The van der Waals surface area contributed by atoms with E-state index in [-0.39, 0.29) is 0 Å². The monoisotopic (exact) mass is 367 g/mol. The molecule has 0 aliphatic heterocycles. The smallest absolute Gasteiger partial charge is 0.165 e. The number of pyridine rings is 1. The van der Waals surface area contributed by atoms with Crippen LogP contribution in [0.3, 0.4) is 0 Å². The third kappa shape index (κ3) is 3.46. The Labute approximate surface area is 162 Å². The summed E-state index contributed by atoms with van der Waals surface area (Å²) in [4.78, 5) is 13.6. The van der Waals surface area contributed by atoms with E-state index in [1.807, 2.05) is 42.6 Å². The normalized spacial score (nSPS) is 10.4. The van der Waals surface area contributed by atoms with Crippen LogP contribution in [-0.4, -0.2) is 22.1 Å². The van der Waals surface area contributed by atoms with E-state index in [1.54, 1.807) is 31.5 Å². The first-order chi connectivity index (χ1) is 13.8. The van der Waals surface area contributed by atoms with Crippen LogP contribution in [0.4, 0.5) is 5.82 Å². The molecule has 6 heteroatoms. The van der Waals surface area contributed by atoms with Crippen LogP contribution < -0.4 is 10.1 Å². The Morgan fingerprint density at radius 2 is 1.96 bits per heavy atom. The van der Waals surface area contributed by atoms with Crippen molar-refractivity contribution in [2.75, 3.05) is 12.4 Å². The molecule has 4 aromatic rings. The van der Waals surface area contributed by atoms with Gasteiger partial charge in [-0.15, -0.1) is 0 Å². The number of nitrogens with zero attached hydrogens (tertiary/aromatic N) is 4. The standard InChI is InChI=1S/C22H17N5O/c1-28-20-9-8-15(12-23)11-18(20)22-26-19-7-3-2-6-17(19)21(27-22)25-14-16-5-4-10-24-13-16/h2-11,13H,14H2,1H3,(H,25,26,27). The lowest BCUT2D eigenvalue weighted by molar-refractivity contribution is 0.416. The molecule has 28 heavy (non-hydrogen) atoms. The predicted molar refractivity (Wildman–Crippen MR) is 108 cm³/mol. The first-order valence-electron chi connectivity index (χ1n) is 8.76. The molecule has 2 aromatic heterocycles. The summed E-state index contributed by atoms with van der Waals surface area (Å²) in [5, 5.41) is 13.6. The van der Waals surface area contributed by atoms with Crippen LogP contribution >= 0.6 is 0 Å². The highest BCUT2D eigenvalue weighted by Gasteiger charge is 2.14. The van der Waals surface area contributed by atoms with Gasteiger partial charge < -0.3 is 10.1 Å². The summed E-state index contributed by atoms with van der Waals surface area (Å²) in [7, 11) is 1.59. The number of aromatic nitrogens is 3. The maximum Gasteiger partial charge on any atom is 0.165 e. The number of fused-ring (bicyclic) bond motifs is 1. The Balaban J connectivity index is 1.81. The Morgan fingerprint density at radius 3 is 2.75 bits per heavy atom.